The first-order chi connectivity index (χ1) is 13.8. The lowest BCUT2D eigenvalue weighted by molar-refractivity contribution is -0.130. The molecular weight excluding hydrogens is 374 g/mol. The second-order valence-corrected chi connectivity index (χ2v) is 6.98. The number of hydrogen-bond donors (Lipinski definition) is 3. The molecular formula is C20H19N5O4. The molecule has 0 aliphatic carbocycles. The number of rotatable bonds is 4. The van der Waals surface area contributed by atoms with Crippen molar-refractivity contribution >= 4 is 40.3 Å². The van der Waals surface area contributed by atoms with E-state index in [0.717, 1.165) is 10.5 Å². The fourth-order valence-corrected chi connectivity index (χ4v) is 3.37. The Bertz CT molecular complexity index is 1180. The average molecular weight is 393 g/mol. The zero-order chi connectivity index (χ0) is 20.7. The number of nitrogens with one attached hydrogen (secondary N) is 3. The van der Waals surface area contributed by atoms with Crippen molar-refractivity contribution in [3.63, 3.8) is 0 Å². The number of hydrogen-bond acceptors (Lipinski definition) is 4. The average Bonchev–Trinajstić information content (AvgIpc) is 3.14. The summed E-state index contributed by atoms with van der Waals surface area (Å²) in [5.41, 5.74) is 2.89. The largest absolute Gasteiger partial charge is 0.332 e. The number of urea groups is 1. The number of aromatic amines is 2. The fraction of sp³-hybridized carbons (Fsp3) is 0.200. The minimum absolute atomic E-state index is 0.345. The Balaban J connectivity index is 1.49. The van der Waals surface area contributed by atoms with Crippen LogP contribution in [-0.2, 0) is 9.59 Å². The third-order valence-corrected chi connectivity index (χ3v) is 4.86. The van der Waals surface area contributed by atoms with E-state index in [0.29, 0.717) is 22.4 Å². The number of benzene rings is 2. The predicted molar refractivity (Wildman–Crippen MR) is 108 cm³/mol. The molecule has 9 nitrogen and oxygen atoms in total. The van der Waals surface area contributed by atoms with Gasteiger partial charge in [0.1, 0.15) is 12.6 Å². The third kappa shape index (κ3) is 3.38. The smallest absolute Gasteiger partial charge is 0.324 e. The number of amides is 4. The molecule has 4 amide bonds. The number of imidazole rings is 1. The predicted octanol–water partition coefficient (Wildman–Crippen LogP) is 1.96. The first-order valence-electron chi connectivity index (χ1n) is 9.06. The van der Waals surface area contributed by atoms with E-state index in [1.54, 1.807) is 37.3 Å². The Labute approximate surface area is 165 Å². The van der Waals surface area contributed by atoms with Gasteiger partial charge in [-0.05, 0) is 44.2 Å². The lowest BCUT2D eigenvalue weighted by Gasteiger charge is -2.19. The van der Waals surface area contributed by atoms with E-state index in [2.05, 4.69) is 15.3 Å². The number of aromatic nitrogens is 2. The summed E-state index contributed by atoms with van der Waals surface area (Å²) in [6, 6.07) is 10.9. The molecule has 148 valence electrons. The van der Waals surface area contributed by atoms with Crippen LogP contribution < -0.4 is 15.9 Å². The van der Waals surface area contributed by atoms with Gasteiger partial charge < -0.3 is 15.3 Å². The normalized spacial score (nSPS) is 16.7. The Hall–Kier alpha value is -3.88. The van der Waals surface area contributed by atoms with Crippen molar-refractivity contribution in [3.05, 3.63) is 58.5 Å². The fourth-order valence-electron chi connectivity index (χ4n) is 3.37. The molecule has 3 aromatic rings. The van der Waals surface area contributed by atoms with Gasteiger partial charge in [0.25, 0.3) is 5.91 Å². The quantitative estimate of drug-likeness (QED) is 0.587. The van der Waals surface area contributed by atoms with Crippen molar-refractivity contribution < 1.29 is 14.4 Å². The van der Waals surface area contributed by atoms with Gasteiger partial charge in [-0.15, -0.1) is 0 Å². The number of carbonyl (C=O) groups is 3. The molecule has 2 heterocycles. The molecule has 1 saturated heterocycles. The number of anilines is 2. The van der Waals surface area contributed by atoms with Crippen LogP contribution in [0.25, 0.3) is 11.0 Å². The zero-order valence-corrected chi connectivity index (χ0v) is 15.9. The number of imide groups is 1. The Morgan fingerprint density at radius 2 is 1.72 bits per heavy atom. The van der Waals surface area contributed by atoms with Crippen molar-refractivity contribution in [2.24, 2.45) is 0 Å². The Morgan fingerprint density at radius 3 is 2.45 bits per heavy atom. The molecule has 3 N–H and O–H groups in total. The van der Waals surface area contributed by atoms with E-state index in [1.165, 1.54) is 4.90 Å². The highest BCUT2D eigenvalue weighted by atomic mass is 16.2. The standard InChI is InChI=1S/C20H19N5O4/c1-11-3-6-14(7-4-11)25-12(2)18(27)24(20(25)29)10-17(26)21-13-5-8-15-16(9-13)23-19(28)22-15/h3-9,12H,10H2,1-2H3,(H,21,26)(H2,22,23,28)/t12-/m1/s1. The van der Waals surface area contributed by atoms with Crippen LogP contribution >= 0.6 is 0 Å². The second kappa shape index (κ2) is 6.93. The summed E-state index contributed by atoms with van der Waals surface area (Å²) in [6.07, 6.45) is 0. The van der Waals surface area contributed by atoms with Gasteiger partial charge in [-0.25, -0.2) is 9.59 Å². The summed E-state index contributed by atoms with van der Waals surface area (Å²) >= 11 is 0. The molecule has 2 aromatic carbocycles. The summed E-state index contributed by atoms with van der Waals surface area (Å²) in [7, 11) is 0. The molecule has 0 saturated carbocycles. The SMILES string of the molecule is Cc1ccc(N2C(=O)N(CC(=O)Nc3ccc4[nH]c(=O)[nH]c4c3)C(=O)[C@H]2C)cc1. The number of H-pyrrole nitrogens is 2. The maximum absolute atomic E-state index is 12.8. The molecule has 4 rings (SSSR count). The summed E-state index contributed by atoms with van der Waals surface area (Å²) in [5.74, 6) is -0.946. The van der Waals surface area contributed by atoms with Crippen molar-refractivity contribution in [3.8, 4) is 0 Å². The summed E-state index contributed by atoms with van der Waals surface area (Å²) in [6.45, 7) is 3.17. The maximum atomic E-state index is 12.8. The van der Waals surface area contributed by atoms with Crippen molar-refractivity contribution in [2.75, 3.05) is 16.8 Å². The number of fused-ring (bicyclic) bond motifs is 1. The van der Waals surface area contributed by atoms with Crippen molar-refractivity contribution in [1.82, 2.24) is 14.9 Å². The van der Waals surface area contributed by atoms with Crippen LogP contribution in [0.4, 0.5) is 16.2 Å². The molecule has 0 spiro atoms. The minimum atomic E-state index is -0.695. The van der Waals surface area contributed by atoms with Crippen LogP contribution in [0.5, 0.6) is 0 Å². The lowest BCUT2D eigenvalue weighted by atomic mass is 10.2. The van der Waals surface area contributed by atoms with Gasteiger partial charge in [-0.2, -0.15) is 0 Å². The summed E-state index contributed by atoms with van der Waals surface area (Å²) < 4.78 is 0. The highest BCUT2D eigenvalue weighted by Gasteiger charge is 2.44. The molecule has 1 aliphatic heterocycles. The molecule has 1 fully saturated rings. The van der Waals surface area contributed by atoms with Gasteiger partial charge in [0.15, 0.2) is 0 Å². The summed E-state index contributed by atoms with van der Waals surface area (Å²) in [5, 5.41) is 2.65. The third-order valence-electron chi connectivity index (χ3n) is 4.86. The van der Waals surface area contributed by atoms with Crippen LogP contribution in [0.3, 0.4) is 0 Å². The van der Waals surface area contributed by atoms with Crippen LogP contribution in [0.1, 0.15) is 12.5 Å². The van der Waals surface area contributed by atoms with Crippen LogP contribution in [0.2, 0.25) is 0 Å². The Kier molecular flexibility index (Phi) is 4.42. The van der Waals surface area contributed by atoms with E-state index >= 15 is 0 Å². The number of carbonyl (C=O) groups excluding carboxylic acids is 3. The van der Waals surface area contributed by atoms with E-state index in [1.807, 2.05) is 19.1 Å². The molecule has 0 unspecified atom stereocenters. The number of aryl methyl sites for hydroxylation is 1. The molecule has 0 bridgehead atoms. The molecule has 1 aliphatic rings. The second-order valence-electron chi connectivity index (χ2n) is 6.98. The van der Waals surface area contributed by atoms with E-state index < -0.39 is 30.4 Å². The van der Waals surface area contributed by atoms with Gasteiger partial charge in [0.05, 0.1) is 11.0 Å². The first kappa shape index (κ1) is 18.5. The minimum Gasteiger partial charge on any atom is -0.324 e. The van der Waals surface area contributed by atoms with Crippen molar-refractivity contribution in [1.29, 1.82) is 0 Å². The highest BCUT2D eigenvalue weighted by Crippen LogP contribution is 2.26. The molecule has 1 atom stereocenters. The van der Waals surface area contributed by atoms with Gasteiger partial charge in [-0.1, -0.05) is 17.7 Å². The van der Waals surface area contributed by atoms with Crippen LogP contribution in [-0.4, -0.2) is 45.3 Å². The lowest BCUT2D eigenvalue weighted by Crippen LogP contribution is -2.39. The monoisotopic (exact) mass is 393 g/mol. The van der Waals surface area contributed by atoms with E-state index in [4.69, 9.17) is 0 Å². The van der Waals surface area contributed by atoms with Gasteiger partial charge in [-0.3, -0.25) is 19.4 Å². The molecule has 29 heavy (non-hydrogen) atoms. The zero-order valence-electron chi connectivity index (χ0n) is 15.9. The molecule has 1 aromatic heterocycles. The topological polar surface area (TPSA) is 118 Å². The van der Waals surface area contributed by atoms with Crippen LogP contribution in [0, 0.1) is 6.92 Å². The van der Waals surface area contributed by atoms with Gasteiger partial charge >= 0.3 is 11.7 Å². The van der Waals surface area contributed by atoms with Crippen LogP contribution in [0.15, 0.2) is 47.3 Å². The molecule has 9 heteroatoms. The summed E-state index contributed by atoms with van der Waals surface area (Å²) in [4.78, 5) is 56.7. The Morgan fingerprint density at radius 1 is 1.03 bits per heavy atom. The molecule has 0 radical (unpaired) electrons. The van der Waals surface area contributed by atoms with E-state index in [-0.39, 0.29) is 5.69 Å². The number of nitrogens with zero attached hydrogens (tertiary/aromatic N) is 2. The van der Waals surface area contributed by atoms with Gasteiger partial charge in [0, 0.05) is 11.4 Å². The van der Waals surface area contributed by atoms with Crippen molar-refractivity contribution in [2.45, 2.75) is 19.9 Å². The van der Waals surface area contributed by atoms with Gasteiger partial charge in [0.2, 0.25) is 5.91 Å². The van der Waals surface area contributed by atoms with E-state index in [9.17, 15) is 19.2 Å². The maximum Gasteiger partial charge on any atom is 0.332 e. The first-order valence-corrected chi connectivity index (χ1v) is 9.06. The highest BCUT2D eigenvalue weighted by molar-refractivity contribution is 6.16.